The topological polar surface area (TPSA) is 70.1 Å². The van der Waals surface area contributed by atoms with Crippen LogP contribution >= 0.6 is 0 Å². The second kappa shape index (κ2) is 5.29. The monoisotopic (exact) mass is 217 g/mol. The molecule has 0 aliphatic heterocycles. The van der Waals surface area contributed by atoms with Crippen molar-refractivity contribution in [3.8, 4) is 6.07 Å². The molecule has 1 atom stereocenters. The van der Waals surface area contributed by atoms with Crippen LogP contribution in [0.3, 0.4) is 0 Å². The Morgan fingerprint density at radius 1 is 1.50 bits per heavy atom. The van der Waals surface area contributed by atoms with Gasteiger partial charge in [-0.25, -0.2) is 0 Å². The Bertz CT molecular complexity index is 405. The number of nitriles is 1. The standard InChI is InChI=1S/C12H15N3O/c1-3-11(14)12(16)15(2)10-6-4-9(8-13)5-7-10/h4-7,11H,3,14H2,1-2H3/t11-/m0/s1. The Kier molecular flexibility index (Phi) is 4.03. The van der Waals surface area contributed by atoms with E-state index in [1.165, 1.54) is 4.90 Å². The maximum Gasteiger partial charge on any atom is 0.243 e. The molecule has 0 unspecified atom stereocenters. The molecule has 0 saturated carbocycles. The maximum atomic E-state index is 11.8. The van der Waals surface area contributed by atoms with Crippen molar-refractivity contribution in [3.05, 3.63) is 29.8 Å². The minimum absolute atomic E-state index is 0.118. The van der Waals surface area contributed by atoms with Gasteiger partial charge in [-0.2, -0.15) is 5.26 Å². The lowest BCUT2D eigenvalue weighted by molar-refractivity contribution is -0.119. The molecule has 0 fully saturated rings. The molecule has 0 aliphatic carbocycles. The molecule has 16 heavy (non-hydrogen) atoms. The molecule has 0 aromatic heterocycles. The third-order valence-corrected chi connectivity index (χ3v) is 2.47. The van der Waals surface area contributed by atoms with Crippen molar-refractivity contribution >= 4 is 11.6 Å². The van der Waals surface area contributed by atoms with Crippen LogP contribution in [0.1, 0.15) is 18.9 Å². The minimum atomic E-state index is -0.472. The van der Waals surface area contributed by atoms with Gasteiger partial charge in [-0.15, -0.1) is 0 Å². The zero-order valence-electron chi connectivity index (χ0n) is 9.47. The second-order valence-corrected chi connectivity index (χ2v) is 3.57. The van der Waals surface area contributed by atoms with Gasteiger partial charge in [0.05, 0.1) is 17.7 Å². The lowest BCUT2D eigenvalue weighted by atomic mass is 10.2. The van der Waals surface area contributed by atoms with Crippen LogP contribution in [0.15, 0.2) is 24.3 Å². The first kappa shape index (κ1) is 12.2. The summed E-state index contributed by atoms with van der Waals surface area (Å²) in [6.45, 7) is 1.87. The third-order valence-electron chi connectivity index (χ3n) is 2.47. The molecule has 0 bridgehead atoms. The van der Waals surface area contributed by atoms with E-state index in [1.54, 1.807) is 31.3 Å². The first-order valence-electron chi connectivity index (χ1n) is 5.13. The highest BCUT2D eigenvalue weighted by molar-refractivity contribution is 5.96. The van der Waals surface area contributed by atoms with E-state index in [0.717, 1.165) is 5.69 Å². The molecule has 1 rings (SSSR count). The molecule has 84 valence electrons. The number of hydrogen-bond donors (Lipinski definition) is 1. The smallest absolute Gasteiger partial charge is 0.243 e. The predicted octanol–water partition coefficient (Wildman–Crippen LogP) is 1.26. The molecule has 0 heterocycles. The summed E-state index contributed by atoms with van der Waals surface area (Å²) in [7, 11) is 1.68. The van der Waals surface area contributed by atoms with Gasteiger partial charge in [0.1, 0.15) is 0 Å². The van der Waals surface area contributed by atoms with Crippen LogP contribution in [-0.4, -0.2) is 19.0 Å². The Balaban J connectivity index is 2.84. The Morgan fingerprint density at radius 3 is 2.50 bits per heavy atom. The largest absolute Gasteiger partial charge is 0.320 e. The zero-order chi connectivity index (χ0) is 12.1. The van der Waals surface area contributed by atoms with Gasteiger partial charge in [-0.1, -0.05) is 6.92 Å². The summed E-state index contributed by atoms with van der Waals surface area (Å²) in [6, 6.07) is 8.38. The number of rotatable bonds is 3. The molecule has 2 N–H and O–H groups in total. The molecule has 4 heteroatoms. The molecule has 0 saturated heterocycles. The molecule has 0 spiro atoms. The van der Waals surface area contributed by atoms with Gasteiger partial charge in [0, 0.05) is 12.7 Å². The second-order valence-electron chi connectivity index (χ2n) is 3.57. The summed E-state index contributed by atoms with van der Waals surface area (Å²) in [4.78, 5) is 13.3. The van der Waals surface area contributed by atoms with Gasteiger partial charge in [0.2, 0.25) is 5.91 Å². The number of nitrogens with zero attached hydrogens (tertiary/aromatic N) is 2. The van der Waals surface area contributed by atoms with Crippen molar-refractivity contribution in [1.29, 1.82) is 5.26 Å². The SMILES string of the molecule is CC[C@H](N)C(=O)N(C)c1ccc(C#N)cc1. The van der Waals surface area contributed by atoms with Gasteiger partial charge < -0.3 is 10.6 Å². The van der Waals surface area contributed by atoms with E-state index in [1.807, 2.05) is 13.0 Å². The van der Waals surface area contributed by atoms with Gasteiger partial charge in [0.15, 0.2) is 0 Å². The van der Waals surface area contributed by atoms with Crippen molar-refractivity contribution < 1.29 is 4.79 Å². The Hall–Kier alpha value is -1.86. The number of nitrogens with two attached hydrogens (primary N) is 1. The summed E-state index contributed by atoms with van der Waals surface area (Å²) in [5.41, 5.74) is 6.98. The summed E-state index contributed by atoms with van der Waals surface area (Å²) >= 11 is 0. The van der Waals surface area contributed by atoms with Crippen molar-refractivity contribution in [3.63, 3.8) is 0 Å². The Morgan fingerprint density at radius 2 is 2.06 bits per heavy atom. The van der Waals surface area contributed by atoms with E-state index < -0.39 is 6.04 Å². The number of carbonyl (C=O) groups is 1. The van der Waals surface area contributed by atoms with Crippen molar-refractivity contribution in [2.75, 3.05) is 11.9 Å². The van der Waals surface area contributed by atoms with E-state index in [-0.39, 0.29) is 5.91 Å². The van der Waals surface area contributed by atoms with E-state index in [0.29, 0.717) is 12.0 Å². The fourth-order valence-corrected chi connectivity index (χ4v) is 1.31. The lowest BCUT2D eigenvalue weighted by Gasteiger charge is -2.20. The molecule has 0 aliphatic rings. The van der Waals surface area contributed by atoms with Crippen molar-refractivity contribution in [2.45, 2.75) is 19.4 Å². The minimum Gasteiger partial charge on any atom is -0.320 e. The highest BCUT2D eigenvalue weighted by Gasteiger charge is 2.17. The van der Waals surface area contributed by atoms with Crippen LogP contribution in [0, 0.1) is 11.3 Å². The van der Waals surface area contributed by atoms with E-state index in [9.17, 15) is 4.79 Å². The van der Waals surface area contributed by atoms with Gasteiger partial charge >= 0.3 is 0 Å². The molecule has 4 nitrogen and oxygen atoms in total. The van der Waals surface area contributed by atoms with Crippen molar-refractivity contribution in [1.82, 2.24) is 0 Å². The predicted molar refractivity (Wildman–Crippen MR) is 62.8 cm³/mol. The van der Waals surface area contributed by atoms with E-state index >= 15 is 0 Å². The van der Waals surface area contributed by atoms with Crippen LogP contribution in [0.25, 0.3) is 0 Å². The van der Waals surface area contributed by atoms with Crippen molar-refractivity contribution in [2.24, 2.45) is 5.73 Å². The number of benzene rings is 1. The summed E-state index contributed by atoms with van der Waals surface area (Å²) in [6.07, 6.45) is 0.611. The summed E-state index contributed by atoms with van der Waals surface area (Å²) in [5, 5.41) is 8.65. The summed E-state index contributed by atoms with van der Waals surface area (Å²) < 4.78 is 0. The average molecular weight is 217 g/mol. The van der Waals surface area contributed by atoms with Gasteiger partial charge in [-0.3, -0.25) is 4.79 Å². The van der Waals surface area contributed by atoms with Crippen LogP contribution in [0.5, 0.6) is 0 Å². The molecule has 1 aromatic rings. The number of carbonyl (C=O) groups excluding carboxylic acids is 1. The fraction of sp³-hybridized carbons (Fsp3) is 0.333. The van der Waals surface area contributed by atoms with Gasteiger partial charge in [0.25, 0.3) is 0 Å². The average Bonchev–Trinajstić information content (AvgIpc) is 2.36. The van der Waals surface area contributed by atoms with Gasteiger partial charge in [-0.05, 0) is 30.7 Å². The highest BCUT2D eigenvalue weighted by Crippen LogP contribution is 2.14. The normalized spacial score (nSPS) is 11.6. The highest BCUT2D eigenvalue weighted by atomic mass is 16.2. The van der Waals surface area contributed by atoms with Crippen LogP contribution in [-0.2, 0) is 4.79 Å². The number of likely N-dealkylation sites (N-methyl/N-ethyl adjacent to an activating group) is 1. The van der Waals surface area contributed by atoms with Crippen LogP contribution in [0.4, 0.5) is 5.69 Å². The first-order chi connectivity index (χ1) is 7.60. The maximum absolute atomic E-state index is 11.8. The molecule has 1 amide bonds. The molecule has 1 aromatic carbocycles. The molecule has 0 radical (unpaired) electrons. The number of anilines is 1. The van der Waals surface area contributed by atoms with E-state index in [2.05, 4.69) is 0 Å². The quantitative estimate of drug-likeness (QED) is 0.828. The zero-order valence-corrected chi connectivity index (χ0v) is 9.47. The van der Waals surface area contributed by atoms with E-state index in [4.69, 9.17) is 11.0 Å². The lowest BCUT2D eigenvalue weighted by Crippen LogP contribution is -2.41. The number of amides is 1. The molecular formula is C12H15N3O. The number of hydrogen-bond acceptors (Lipinski definition) is 3. The third kappa shape index (κ3) is 2.59. The summed E-state index contributed by atoms with van der Waals surface area (Å²) in [5.74, 6) is -0.118. The van der Waals surface area contributed by atoms with Crippen LogP contribution < -0.4 is 10.6 Å². The van der Waals surface area contributed by atoms with Crippen LogP contribution in [0.2, 0.25) is 0 Å². The molecular weight excluding hydrogens is 202 g/mol. The fourth-order valence-electron chi connectivity index (χ4n) is 1.31. The Labute approximate surface area is 95.3 Å². The first-order valence-corrected chi connectivity index (χ1v) is 5.13.